The third-order valence-electron chi connectivity index (χ3n) is 3.26. The Labute approximate surface area is 119 Å². The van der Waals surface area contributed by atoms with E-state index in [1.807, 2.05) is 23.9 Å². The van der Waals surface area contributed by atoms with Crippen molar-refractivity contribution in [2.24, 2.45) is 0 Å². The molecule has 1 aliphatic rings. The molecule has 2 rings (SSSR count). The number of rotatable bonds is 4. The van der Waals surface area contributed by atoms with Gasteiger partial charge in [-0.15, -0.1) is 18.2 Å². The summed E-state index contributed by atoms with van der Waals surface area (Å²) in [6.07, 6.45) is 7.56. The molecule has 0 N–H and O–H groups in total. The SMILES string of the molecule is C#Cc1ccc(CN2C(C)CSC2CSC)cc1. The normalized spacial score (nSPS) is 24.1. The van der Waals surface area contributed by atoms with E-state index in [2.05, 4.69) is 47.9 Å². The van der Waals surface area contributed by atoms with Crippen LogP contribution < -0.4 is 0 Å². The maximum atomic E-state index is 5.38. The van der Waals surface area contributed by atoms with Crippen LogP contribution in [-0.4, -0.2) is 34.1 Å². The van der Waals surface area contributed by atoms with Crippen LogP contribution in [0.25, 0.3) is 0 Å². The van der Waals surface area contributed by atoms with Crippen molar-refractivity contribution in [3.8, 4) is 12.3 Å². The lowest BCUT2D eigenvalue weighted by atomic mass is 10.1. The van der Waals surface area contributed by atoms with Gasteiger partial charge >= 0.3 is 0 Å². The first-order valence-corrected chi connectivity index (χ1v) is 8.60. The van der Waals surface area contributed by atoms with Gasteiger partial charge in [0, 0.05) is 29.7 Å². The van der Waals surface area contributed by atoms with E-state index in [9.17, 15) is 0 Å². The molecule has 0 aliphatic carbocycles. The van der Waals surface area contributed by atoms with Crippen molar-refractivity contribution in [2.75, 3.05) is 17.8 Å². The highest BCUT2D eigenvalue weighted by molar-refractivity contribution is 8.03. The lowest BCUT2D eigenvalue weighted by Gasteiger charge is -2.26. The average molecular weight is 277 g/mol. The minimum atomic E-state index is 0.655. The molecule has 1 fully saturated rings. The number of thioether (sulfide) groups is 2. The first-order valence-electron chi connectivity index (χ1n) is 6.16. The summed E-state index contributed by atoms with van der Waals surface area (Å²) in [7, 11) is 0. The molecule has 0 amide bonds. The number of hydrogen-bond acceptors (Lipinski definition) is 3. The van der Waals surface area contributed by atoms with Crippen molar-refractivity contribution in [2.45, 2.75) is 24.9 Å². The molecule has 18 heavy (non-hydrogen) atoms. The molecule has 1 heterocycles. The molecule has 3 heteroatoms. The van der Waals surface area contributed by atoms with Crippen LogP contribution in [-0.2, 0) is 6.54 Å². The summed E-state index contributed by atoms with van der Waals surface area (Å²) in [4.78, 5) is 2.60. The van der Waals surface area contributed by atoms with Gasteiger partial charge < -0.3 is 0 Å². The second-order valence-electron chi connectivity index (χ2n) is 4.61. The largest absolute Gasteiger partial charge is 0.283 e. The van der Waals surface area contributed by atoms with Gasteiger partial charge in [0.05, 0.1) is 5.37 Å². The zero-order chi connectivity index (χ0) is 13.0. The number of benzene rings is 1. The Bertz CT molecular complexity index is 419. The van der Waals surface area contributed by atoms with Gasteiger partial charge in [0.2, 0.25) is 0 Å². The highest BCUT2D eigenvalue weighted by Crippen LogP contribution is 2.32. The molecule has 96 valence electrons. The third kappa shape index (κ3) is 3.26. The maximum Gasteiger partial charge on any atom is 0.0654 e. The second kappa shape index (κ2) is 6.56. The molecule has 0 aromatic heterocycles. The van der Waals surface area contributed by atoms with Crippen molar-refractivity contribution in [1.82, 2.24) is 4.90 Å². The fourth-order valence-electron chi connectivity index (χ4n) is 2.19. The highest BCUT2D eigenvalue weighted by atomic mass is 32.2. The Morgan fingerprint density at radius 3 is 2.78 bits per heavy atom. The van der Waals surface area contributed by atoms with Gasteiger partial charge in [-0.25, -0.2) is 0 Å². The Kier molecular flexibility index (Phi) is 5.05. The van der Waals surface area contributed by atoms with Crippen molar-refractivity contribution >= 4 is 23.5 Å². The van der Waals surface area contributed by atoms with Gasteiger partial charge in [-0.3, -0.25) is 4.90 Å². The van der Waals surface area contributed by atoms with Crippen LogP contribution >= 0.6 is 23.5 Å². The Hall–Kier alpha value is -0.560. The average Bonchev–Trinajstić information content (AvgIpc) is 2.73. The van der Waals surface area contributed by atoms with E-state index in [4.69, 9.17) is 6.42 Å². The van der Waals surface area contributed by atoms with Crippen molar-refractivity contribution in [3.05, 3.63) is 35.4 Å². The maximum absolute atomic E-state index is 5.38. The fraction of sp³-hybridized carbons (Fsp3) is 0.467. The Morgan fingerprint density at radius 1 is 1.44 bits per heavy atom. The quantitative estimate of drug-likeness (QED) is 0.778. The zero-order valence-electron chi connectivity index (χ0n) is 10.9. The van der Waals surface area contributed by atoms with Gasteiger partial charge in [-0.05, 0) is 30.9 Å². The first-order chi connectivity index (χ1) is 8.74. The summed E-state index contributed by atoms with van der Waals surface area (Å²) >= 11 is 4.02. The van der Waals surface area contributed by atoms with Crippen LogP contribution in [0.5, 0.6) is 0 Å². The molecule has 1 saturated heterocycles. The van der Waals surface area contributed by atoms with E-state index in [0.29, 0.717) is 11.4 Å². The molecule has 1 aromatic carbocycles. The van der Waals surface area contributed by atoms with E-state index < -0.39 is 0 Å². The molecule has 0 bridgehead atoms. The van der Waals surface area contributed by atoms with Crippen LogP contribution in [0.3, 0.4) is 0 Å². The van der Waals surface area contributed by atoms with Crippen LogP contribution in [0.1, 0.15) is 18.1 Å². The fourth-order valence-corrected chi connectivity index (χ4v) is 4.62. The van der Waals surface area contributed by atoms with Gasteiger partial charge in [0.1, 0.15) is 0 Å². The summed E-state index contributed by atoms with van der Waals surface area (Å²) < 4.78 is 0. The summed E-state index contributed by atoms with van der Waals surface area (Å²) in [5, 5.41) is 0.655. The summed E-state index contributed by atoms with van der Waals surface area (Å²) in [6.45, 7) is 3.35. The molecule has 2 unspecified atom stereocenters. The minimum absolute atomic E-state index is 0.655. The lowest BCUT2D eigenvalue weighted by Crippen LogP contribution is -2.35. The van der Waals surface area contributed by atoms with E-state index >= 15 is 0 Å². The standard InChI is InChI=1S/C15H19NS2/c1-4-13-5-7-14(8-6-13)9-16-12(2)10-18-15(16)11-17-3/h1,5-8,12,15H,9-11H2,2-3H3. The molecular weight excluding hydrogens is 258 g/mol. The molecule has 1 nitrogen and oxygen atoms in total. The number of nitrogens with zero attached hydrogens (tertiary/aromatic N) is 1. The zero-order valence-corrected chi connectivity index (χ0v) is 12.6. The Balaban J connectivity index is 2.04. The molecular formula is C15H19NS2. The van der Waals surface area contributed by atoms with Crippen molar-refractivity contribution in [3.63, 3.8) is 0 Å². The monoisotopic (exact) mass is 277 g/mol. The van der Waals surface area contributed by atoms with Gasteiger partial charge in [0.15, 0.2) is 0 Å². The summed E-state index contributed by atoms with van der Waals surface area (Å²) in [5.74, 6) is 5.11. The van der Waals surface area contributed by atoms with E-state index in [1.165, 1.54) is 17.1 Å². The lowest BCUT2D eigenvalue weighted by molar-refractivity contribution is 0.228. The smallest absolute Gasteiger partial charge is 0.0654 e. The van der Waals surface area contributed by atoms with Crippen LogP contribution in [0.4, 0.5) is 0 Å². The first kappa shape index (κ1) is 13.9. The predicted molar refractivity (Wildman–Crippen MR) is 84.0 cm³/mol. The molecule has 1 aromatic rings. The van der Waals surface area contributed by atoms with E-state index in [-0.39, 0.29) is 0 Å². The molecule has 0 spiro atoms. The molecule has 0 saturated carbocycles. The Morgan fingerprint density at radius 2 is 2.17 bits per heavy atom. The van der Waals surface area contributed by atoms with Crippen molar-refractivity contribution < 1.29 is 0 Å². The predicted octanol–water partition coefficient (Wildman–Crippen LogP) is 3.29. The number of hydrogen-bond donors (Lipinski definition) is 0. The van der Waals surface area contributed by atoms with Crippen LogP contribution in [0.2, 0.25) is 0 Å². The second-order valence-corrected chi connectivity index (χ2v) is 6.73. The van der Waals surface area contributed by atoms with Gasteiger partial charge in [-0.2, -0.15) is 11.8 Å². The molecule has 0 radical (unpaired) electrons. The minimum Gasteiger partial charge on any atom is -0.283 e. The van der Waals surface area contributed by atoms with Gasteiger partial charge in [0.25, 0.3) is 0 Å². The third-order valence-corrected chi connectivity index (χ3v) is 5.62. The van der Waals surface area contributed by atoms with E-state index in [0.717, 1.165) is 12.1 Å². The van der Waals surface area contributed by atoms with E-state index in [1.54, 1.807) is 0 Å². The number of terminal acetylenes is 1. The topological polar surface area (TPSA) is 3.24 Å². The summed E-state index contributed by atoms with van der Waals surface area (Å²) in [5.41, 5.74) is 2.32. The molecule has 1 aliphatic heterocycles. The van der Waals surface area contributed by atoms with Gasteiger partial charge in [-0.1, -0.05) is 18.1 Å². The van der Waals surface area contributed by atoms with Crippen molar-refractivity contribution in [1.29, 1.82) is 0 Å². The van der Waals surface area contributed by atoms with Crippen LogP contribution in [0.15, 0.2) is 24.3 Å². The summed E-state index contributed by atoms with van der Waals surface area (Å²) in [6, 6.07) is 9.04. The molecule has 2 atom stereocenters. The highest BCUT2D eigenvalue weighted by Gasteiger charge is 2.30. The van der Waals surface area contributed by atoms with Crippen LogP contribution in [0, 0.1) is 12.3 Å².